The van der Waals surface area contributed by atoms with E-state index in [1.165, 1.54) is 11.3 Å². The lowest BCUT2D eigenvalue weighted by Gasteiger charge is -2.08. The fourth-order valence-corrected chi connectivity index (χ4v) is 2.95. The SMILES string of the molecule is CCc1nc(NC(=O)C(C#N)Cc2ccccc2)sc1C. The summed E-state index contributed by atoms with van der Waals surface area (Å²) in [6.07, 6.45) is 1.25. The van der Waals surface area contributed by atoms with Crippen molar-refractivity contribution in [3.63, 3.8) is 0 Å². The van der Waals surface area contributed by atoms with Gasteiger partial charge in [-0.05, 0) is 25.3 Å². The van der Waals surface area contributed by atoms with Crippen LogP contribution in [0.5, 0.6) is 0 Å². The summed E-state index contributed by atoms with van der Waals surface area (Å²) >= 11 is 1.45. The van der Waals surface area contributed by atoms with Crippen LogP contribution in [0.2, 0.25) is 0 Å². The Labute approximate surface area is 128 Å². The molecule has 0 saturated heterocycles. The van der Waals surface area contributed by atoms with Crippen LogP contribution < -0.4 is 5.32 Å². The first-order valence-electron chi connectivity index (χ1n) is 6.84. The van der Waals surface area contributed by atoms with E-state index in [0.29, 0.717) is 11.6 Å². The Morgan fingerprint density at radius 1 is 1.43 bits per heavy atom. The molecule has 2 rings (SSSR count). The van der Waals surface area contributed by atoms with Gasteiger partial charge in [0.1, 0.15) is 5.92 Å². The number of aromatic nitrogens is 1. The summed E-state index contributed by atoms with van der Waals surface area (Å²) in [5.41, 5.74) is 1.97. The smallest absolute Gasteiger partial charge is 0.243 e. The van der Waals surface area contributed by atoms with Crippen molar-refractivity contribution in [2.24, 2.45) is 5.92 Å². The number of hydrogen-bond acceptors (Lipinski definition) is 4. The predicted octanol–water partition coefficient (Wildman–Crippen LogP) is 3.33. The van der Waals surface area contributed by atoms with E-state index in [-0.39, 0.29) is 5.91 Å². The average molecular weight is 299 g/mol. The van der Waals surface area contributed by atoms with Crippen LogP contribution in [-0.2, 0) is 17.6 Å². The first-order chi connectivity index (χ1) is 10.1. The lowest BCUT2D eigenvalue weighted by molar-refractivity contribution is -0.118. The van der Waals surface area contributed by atoms with Gasteiger partial charge < -0.3 is 5.32 Å². The van der Waals surface area contributed by atoms with Crippen LogP contribution in [0.4, 0.5) is 5.13 Å². The standard InChI is InChI=1S/C16H17N3OS/c1-3-14-11(2)21-16(18-14)19-15(20)13(10-17)9-12-7-5-4-6-8-12/h4-8,13H,3,9H2,1-2H3,(H,18,19,20). The number of benzene rings is 1. The predicted molar refractivity (Wildman–Crippen MR) is 84.1 cm³/mol. The molecule has 1 atom stereocenters. The third kappa shape index (κ3) is 3.89. The summed E-state index contributed by atoms with van der Waals surface area (Å²) in [7, 11) is 0. The molecule has 0 bridgehead atoms. The number of rotatable bonds is 5. The molecule has 5 heteroatoms. The van der Waals surface area contributed by atoms with Gasteiger partial charge in [-0.25, -0.2) is 4.98 Å². The number of hydrogen-bond donors (Lipinski definition) is 1. The number of carbonyl (C=O) groups is 1. The van der Waals surface area contributed by atoms with E-state index in [0.717, 1.165) is 22.6 Å². The van der Waals surface area contributed by atoms with Gasteiger partial charge >= 0.3 is 0 Å². The molecule has 0 fully saturated rings. The summed E-state index contributed by atoms with van der Waals surface area (Å²) in [6.45, 7) is 4.01. The van der Waals surface area contributed by atoms with E-state index in [1.807, 2.05) is 44.2 Å². The summed E-state index contributed by atoms with van der Waals surface area (Å²) in [5.74, 6) is -1.00. The highest BCUT2D eigenvalue weighted by Crippen LogP contribution is 2.23. The summed E-state index contributed by atoms with van der Waals surface area (Å²) in [5, 5.41) is 12.5. The Hall–Kier alpha value is -2.19. The molecular weight excluding hydrogens is 282 g/mol. The Morgan fingerprint density at radius 2 is 2.14 bits per heavy atom. The fourth-order valence-electron chi connectivity index (χ4n) is 2.05. The van der Waals surface area contributed by atoms with Gasteiger partial charge in [-0.3, -0.25) is 4.79 Å². The van der Waals surface area contributed by atoms with Crippen molar-refractivity contribution in [1.29, 1.82) is 5.26 Å². The molecule has 0 spiro atoms. The molecule has 0 saturated carbocycles. The van der Waals surface area contributed by atoms with Gasteiger partial charge in [0.15, 0.2) is 5.13 Å². The van der Waals surface area contributed by atoms with E-state index >= 15 is 0 Å². The molecule has 1 aromatic heterocycles. The molecule has 0 aliphatic rings. The highest BCUT2D eigenvalue weighted by atomic mass is 32.1. The van der Waals surface area contributed by atoms with Gasteiger partial charge in [0.25, 0.3) is 0 Å². The van der Waals surface area contributed by atoms with Crippen molar-refractivity contribution in [2.75, 3.05) is 5.32 Å². The van der Waals surface area contributed by atoms with Crippen molar-refractivity contribution in [3.8, 4) is 6.07 Å². The largest absolute Gasteiger partial charge is 0.301 e. The van der Waals surface area contributed by atoms with E-state index in [2.05, 4.69) is 16.4 Å². The molecule has 21 heavy (non-hydrogen) atoms. The van der Waals surface area contributed by atoms with Crippen LogP contribution in [0, 0.1) is 24.2 Å². The number of nitrogens with zero attached hydrogens (tertiary/aromatic N) is 2. The monoisotopic (exact) mass is 299 g/mol. The number of amides is 1. The number of nitrogens with one attached hydrogen (secondary N) is 1. The third-order valence-corrected chi connectivity index (χ3v) is 4.14. The van der Waals surface area contributed by atoms with Gasteiger partial charge in [0.2, 0.25) is 5.91 Å². The molecule has 0 aliphatic heterocycles. The summed E-state index contributed by atoms with van der Waals surface area (Å²) < 4.78 is 0. The van der Waals surface area contributed by atoms with Crippen LogP contribution in [-0.4, -0.2) is 10.9 Å². The maximum absolute atomic E-state index is 12.2. The number of aryl methyl sites for hydroxylation is 2. The lowest BCUT2D eigenvalue weighted by atomic mass is 10.00. The number of carbonyl (C=O) groups excluding carboxylic acids is 1. The number of anilines is 1. The minimum absolute atomic E-state index is 0.294. The molecule has 0 radical (unpaired) electrons. The molecule has 4 nitrogen and oxygen atoms in total. The van der Waals surface area contributed by atoms with Gasteiger partial charge in [-0.2, -0.15) is 5.26 Å². The fraction of sp³-hybridized carbons (Fsp3) is 0.312. The maximum atomic E-state index is 12.2. The zero-order valence-electron chi connectivity index (χ0n) is 12.1. The van der Waals surface area contributed by atoms with Crippen molar-refractivity contribution < 1.29 is 4.79 Å². The lowest BCUT2D eigenvalue weighted by Crippen LogP contribution is -2.23. The van der Waals surface area contributed by atoms with E-state index < -0.39 is 5.92 Å². The zero-order chi connectivity index (χ0) is 15.2. The Balaban J connectivity index is 2.05. The summed E-state index contributed by atoms with van der Waals surface area (Å²) in [4.78, 5) is 17.7. The van der Waals surface area contributed by atoms with Gasteiger partial charge in [-0.15, -0.1) is 11.3 Å². The van der Waals surface area contributed by atoms with Crippen molar-refractivity contribution >= 4 is 22.4 Å². The molecule has 2 aromatic rings. The molecular formula is C16H17N3OS. The quantitative estimate of drug-likeness (QED) is 0.921. The Bertz CT molecular complexity index is 658. The normalized spacial score (nSPS) is 11.7. The highest BCUT2D eigenvalue weighted by molar-refractivity contribution is 7.15. The van der Waals surface area contributed by atoms with Gasteiger partial charge in [-0.1, -0.05) is 37.3 Å². The van der Waals surface area contributed by atoms with Crippen molar-refractivity contribution in [2.45, 2.75) is 26.7 Å². The minimum Gasteiger partial charge on any atom is -0.301 e. The van der Waals surface area contributed by atoms with E-state index in [1.54, 1.807) is 0 Å². The minimum atomic E-state index is -0.707. The van der Waals surface area contributed by atoms with Crippen molar-refractivity contribution in [3.05, 3.63) is 46.5 Å². The molecule has 108 valence electrons. The Morgan fingerprint density at radius 3 is 2.71 bits per heavy atom. The molecule has 1 heterocycles. The van der Waals surface area contributed by atoms with Crippen LogP contribution in [0.15, 0.2) is 30.3 Å². The average Bonchev–Trinajstić information content (AvgIpc) is 2.85. The second kappa shape index (κ2) is 7.00. The van der Waals surface area contributed by atoms with Crippen LogP contribution in [0.3, 0.4) is 0 Å². The van der Waals surface area contributed by atoms with Gasteiger partial charge in [0, 0.05) is 4.88 Å². The van der Waals surface area contributed by atoms with Crippen molar-refractivity contribution in [1.82, 2.24) is 4.98 Å². The molecule has 1 unspecified atom stereocenters. The molecule has 1 N–H and O–H groups in total. The van der Waals surface area contributed by atoms with Crippen LogP contribution >= 0.6 is 11.3 Å². The van der Waals surface area contributed by atoms with Gasteiger partial charge in [0.05, 0.1) is 11.8 Å². The number of nitriles is 1. The second-order valence-electron chi connectivity index (χ2n) is 4.74. The topological polar surface area (TPSA) is 65.8 Å². The molecule has 1 aromatic carbocycles. The highest BCUT2D eigenvalue weighted by Gasteiger charge is 2.20. The number of thiazole rings is 1. The first kappa shape index (κ1) is 15.2. The molecule has 1 amide bonds. The van der Waals surface area contributed by atoms with Crippen LogP contribution in [0.1, 0.15) is 23.1 Å². The third-order valence-electron chi connectivity index (χ3n) is 3.21. The Kier molecular flexibility index (Phi) is 5.07. The maximum Gasteiger partial charge on any atom is 0.243 e. The first-order valence-corrected chi connectivity index (χ1v) is 7.66. The van der Waals surface area contributed by atoms with E-state index in [4.69, 9.17) is 0 Å². The second-order valence-corrected chi connectivity index (χ2v) is 5.94. The van der Waals surface area contributed by atoms with Crippen LogP contribution in [0.25, 0.3) is 0 Å². The molecule has 0 aliphatic carbocycles. The van der Waals surface area contributed by atoms with E-state index in [9.17, 15) is 10.1 Å². The summed E-state index contributed by atoms with van der Waals surface area (Å²) in [6, 6.07) is 11.6. The zero-order valence-corrected chi connectivity index (χ0v) is 12.9.